The molecule has 3 N–H and O–H groups in total. The van der Waals surface area contributed by atoms with Gasteiger partial charge in [0.1, 0.15) is 0 Å². The second kappa shape index (κ2) is 11.2. The van der Waals surface area contributed by atoms with E-state index in [0.717, 1.165) is 12.8 Å². The van der Waals surface area contributed by atoms with Gasteiger partial charge in [0.25, 0.3) is 0 Å². The highest BCUT2D eigenvalue weighted by Gasteiger charge is 2.08. The number of carboxylic acids is 1. The van der Waals surface area contributed by atoms with Crippen molar-refractivity contribution in [2.24, 2.45) is 0 Å². The lowest BCUT2D eigenvalue weighted by Crippen LogP contribution is -2.41. The first kappa shape index (κ1) is 17.1. The van der Waals surface area contributed by atoms with E-state index in [1.54, 1.807) is 6.92 Å². The molecule has 0 aliphatic carbocycles. The summed E-state index contributed by atoms with van der Waals surface area (Å²) in [5.74, 6) is 0.330. The number of hydrogen-bond donors (Lipinski definition) is 3. The highest BCUT2D eigenvalue weighted by Crippen LogP contribution is 2.01. The molecule has 0 aromatic rings. The van der Waals surface area contributed by atoms with Crippen molar-refractivity contribution < 1.29 is 14.7 Å². The molecule has 1 atom stereocenters. The van der Waals surface area contributed by atoms with Gasteiger partial charge in [-0.25, -0.2) is 4.79 Å². The third-order valence-electron chi connectivity index (χ3n) is 2.48. The Labute approximate surface area is 113 Å². The Morgan fingerprint density at radius 1 is 1.28 bits per heavy atom. The molecular weight excluding hydrogens is 252 g/mol. The molecule has 0 aliphatic rings. The van der Waals surface area contributed by atoms with Gasteiger partial charge in [-0.05, 0) is 38.2 Å². The standard InChI is InChI=1S/C12H24N2O3S/c1-10(6-7-11(15)16)14-12(17)13-8-4-3-5-9-18-2/h10H,3-9H2,1-2H3,(H,15,16)(H2,13,14,17). The van der Waals surface area contributed by atoms with Crippen molar-refractivity contribution in [1.29, 1.82) is 0 Å². The molecule has 6 heteroatoms. The van der Waals surface area contributed by atoms with Gasteiger partial charge >= 0.3 is 12.0 Å². The Morgan fingerprint density at radius 2 is 2.00 bits per heavy atom. The van der Waals surface area contributed by atoms with E-state index in [0.29, 0.717) is 13.0 Å². The first-order chi connectivity index (χ1) is 8.56. The Hall–Kier alpha value is -0.910. The van der Waals surface area contributed by atoms with E-state index in [9.17, 15) is 9.59 Å². The zero-order valence-electron chi connectivity index (χ0n) is 11.2. The van der Waals surface area contributed by atoms with Gasteiger partial charge in [0.2, 0.25) is 0 Å². The van der Waals surface area contributed by atoms with Crippen LogP contribution in [0.5, 0.6) is 0 Å². The Kier molecular flexibility index (Phi) is 10.6. The van der Waals surface area contributed by atoms with E-state index in [1.165, 1.54) is 12.2 Å². The second-order valence-electron chi connectivity index (χ2n) is 4.29. The third-order valence-corrected chi connectivity index (χ3v) is 3.18. The number of urea groups is 1. The summed E-state index contributed by atoms with van der Waals surface area (Å²) in [4.78, 5) is 21.8. The SMILES string of the molecule is CSCCCCCNC(=O)NC(C)CCC(=O)O. The number of thioether (sulfide) groups is 1. The molecule has 0 saturated heterocycles. The molecule has 0 bridgehead atoms. The fourth-order valence-corrected chi connectivity index (χ4v) is 1.93. The molecule has 0 fully saturated rings. The zero-order valence-corrected chi connectivity index (χ0v) is 12.0. The second-order valence-corrected chi connectivity index (χ2v) is 5.27. The number of carboxylic acid groups (broad SMARTS) is 1. The smallest absolute Gasteiger partial charge is 0.314 e. The van der Waals surface area contributed by atoms with Crippen LogP contribution in [0.2, 0.25) is 0 Å². The molecule has 0 aliphatic heterocycles. The van der Waals surface area contributed by atoms with Crippen LogP contribution in [0.25, 0.3) is 0 Å². The van der Waals surface area contributed by atoms with Crippen LogP contribution in [-0.4, -0.2) is 41.7 Å². The van der Waals surface area contributed by atoms with Crippen molar-refractivity contribution in [3.8, 4) is 0 Å². The van der Waals surface area contributed by atoms with Crippen LogP contribution in [0, 0.1) is 0 Å². The number of carbonyl (C=O) groups is 2. The Balaban J connectivity index is 3.44. The number of carbonyl (C=O) groups excluding carboxylic acids is 1. The van der Waals surface area contributed by atoms with Crippen molar-refractivity contribution in [1.82, 2.24) is 10.6 Å². The zero-order chi connectivity index (χ0) is 13.8. The fourth-order valence-electron chi connectivity index (χ4n) is 1.44. The minimum atomic E-state index is -0.835. The van der Waals surface area contributed by atoms with Crippen LogP contribution in [0.1, 0.15) is 39.0 Å². The molecule has 2 amide bonds. The average molecular weight is 276 g/mol. The maximum Gasteiger partial charge on any atom is 0.314 e. The maximum atomic E-state index is 11.4. The molecule has 0 saturated carbocycles. The van der Waals surface area contributed by atoms with Gasteiger partial charge in [-0.3, -0.25) is 4.79 Å². The van der Waals surface area contributed by atoms with E-state index in [-0.39, 0.29) is 18.5 Å². The van der Waals surface area contributed by atoms with Crippen LogP contribution in [0.15, 0.2) is 0 Å². The summed E-state index contributed by atoms with van der Waals surface area (Å²) < 4.78 is 0. The van der Waals surface area contributed by atoms with Gasteiger partial charge in [-0.2, -0.15) is 11.8 Å². The summed E-state index contributed by atoms with van der Waals surface area (Å²) in [6, 6.07) is -0.324. The van der Waals surface area contributed by atoms with Crippen LogP contribution < -0.4 is 10.6 Å². The van der Waals surface area contributed by atoms with Gasteiger partial charge in [0, 0.05) is 19.0 Å². The lowest BCUT2D eigenvalue weighted by atomic mass is 10.2. The summed E-state index contributed by atoms with van der Waals surface area (Å²) in [6.07, 6.45) is 5.91. The molecule has 5 nitrogen and oxygen atoms in total. The van der Waals surface area contributed by atoms with E-state index in [1.807, 2.05) is 11.8 Å². The number of nitrogens with one attached hydrogen (secondary N) is 2. The van der Waals surface area contributed by atoms with Crippen molar-refractivity contribution in [2.45, 2.75) is 45.1 Å². The van der Waals surface area contributed by atoms with Crippen LogP contribution in [0.3, 0.4) is 0 Å². The van der Waals surface area contributed by atoms with Crippen LogP contribution >= 0.6 is 11.8 Å². The first-order valence-electron chi connectivity index (χ1n) is 6.31. The number of aliphatic carboxylic acids is 1. The van der Waals surface area contributed by atoms with E-state index < -0.39 is 5.97 Å². The predicted molar refractivity (Wildman–Crippen MR) is 75.1 cm³/mol. The highest BCUT2D eigenvalue weighted by molar-refractivity contribution is 7.98. The van der Waals surface area contributed by atoms with Crippen molar-refractivity contribution in [3.05, 3.63) is 0 Å². The van der Waals surface area contributed by atoms with Gasteiger partial charge in [-0.15, -0.1) is 0 Å². The first-order valence-corrected chi connectivity index (χ1v) is 7.70. The van der Waals surface area contributed by atoms with Gasteiger partial charge in [-0.1, -0.05) is 6.42 Å². The largest absolute Gasteiger partial charge is 0.481 e. The lowest BCUT2D eigenvalue weighted by Gasteiger charge is -2.13. The number of unbranched alkanes of at least 4 members (excludes halogenated alkanes) is 2. The molecule has 18 heavy (non-hydrogen) atoms. The Bertz CT molecular complexity index is 249. The number of hydrogen-bond acceptors (Lipinski definition) is 3. The topological polar surface area (TPSA) is 78.4 Å². The molecule has 0 aromatic heterocycles. The monoisotopic (exact) mass is 276 g/mol. The average Bonchev–Trinajstić information content (AvgIpc) is 2.31. The summed E-state index contributed by atoms with van der Waals surface area (Å²) in [7, 11) is 0. The Morgan fingerprint density at radius 3 is 2.61 bits per heavy atom. The quantitative estimate of drug-likeness (QED) is 0.534. The minimum Gasteiger partial charge on any atom is -0.481 e. The van der Waals surface area contributed by atoms with Crippen molar-refractivity contribution in [3.63, 3.8) is 0 Å². The van der Waals surface area contributed by atoms with Crippen LogP contribution in [-0.2, 0) is 4.79 Å². The van der Waals surface area contributed by atoms with Crippen molar-refractivity contribution >= 4 is 23.8 Å². The summed E-state index contributed by atoms with van der Waals surface area (Å²) in [5, 5.41) is 14.0. The van der Waals surface area contributed by atoms with Gasteiger partial charge < -0.3 is 15.7 Å². The summed E-state index contributed by atoms with van der Waals surface area (Å²) >= 11 is 1.83. The molecule has 0 spiro atoms. The maximum absolute atomic E-state index is 11.4. The number of amides is 2. The molecule has 0 aromatic carbocycles. The molecule has 1 unspecified atom stereocenters. The highest BCUT2D eigenvalue weighted by atomic mass is 32.2. The number of rotatable bonds is 10. The molecule has 0 rings (SSSR count). The molecular formula is C12H24N2O3S. The molecule has 0 radical (unpaired) electrons. The normalized spacial score (nSPS) is 11.9. The van der Waals surface area contributed by atoms with Gasteiger partial charge in [0.15, 0.2) is 0 Å². The molecule has 106 valence electrons. The summed E-state index contributed by atoms with van der Waals surface area (Å²) in [6.45, 7) is 2.48. The van der Waals surface area contributed by atoms with Crippen molar-refractivity contribution in [2.75, 3.05) is 18.6 Å². The molecule has 0 heterocycles. The van der Waals surface area contributed by atoms with E-state index >= 15 is 0 Å². The summed E-state index contributed by atoms with van der Waals surface area (Å²) in [5.41, 5.74) is 0. The fraction of sp³-hybridized carbons (Fsp3) is 0.833. The third kappa shape index (κ3) is 11.6. The minimum absolute atomic E-state index is 0.0795. The van der Waals surface area contributed by atoms with E-state index in [4.69, 9.17) is 5.11 Å². The predicted octanol–water partition coefficient (Wildman–Crippen LogP) is 2.07. The van der Waals surface area contributed by atoms with Crippen LogP contribution in [0.4, 0.5) is 4.79 Å². The van der Waals surface area contributed by atoms with Gasteiger partial charge in [0.05, 0.1) is 0 Å². The lowest BCUT2D eigenvalue weighted by molar-refractivity contribution is -0.137. The van der Waals surface area contributed by atoms with E-state index in [2.05, 4.69) is 16.9 Å².